The van der Waals surface area contributed by atoms with E-state index < -0.39 is 0 Å². The van der Waals surface area contributed by atoms with E-state index in [0.29, 0.717) is 0 Å². The van der Waals surface area contributed by atoms with Crippen molar-refractivity contribution in [2.45, 2.75) is 6.61 Å². The summed E-state index contributed by atoms with van der Waals surface area (Å²) in [6.07, 6.45) is 0. The van der Waals surface area contributed by atoms with Gasteiger partial charge in [-0.3, -0.25) is 0 Å². The fraction of sp³-hybridized carbons (Fsp3) is 0.0769. The van der Waals surface area contributed by atoms with E-state index in [-0.39, 0.29) is 6.61 Å². The number of aliphatic hydroxyl groups is 1. The number of benzene rings is 2. The van der Waals surface area contributed by atoms with Crippen molar-refractivity contribution in [3.05, 3.63) is 60.2 Å². The van der Waals surface area contributed by atoms with E-state index in [1.54, 1.807) is 0 Å². The molecule has 0 saturated carbocycles. The first-order valence-electron chi connectivity index (χ1n) is 4.57. The highest BCUT2D eigenvalue weighted by Gasteiger charge is 2.01. The lowest BCUT2D eigenvalue weighted by Gasteiger charge is -2.05. The Kier molecular flexibility index (Phi) is 2.61. The Bertz CT molecular complexity index is 407. The molecule has 1 radical (unpaired) electrons. The van der Waals surface area contributed by atoms with Gasteiger partial charge in [0.2, 0.25) is 0 Å². The quantitative estimate of drug-likeness (QED) is 0.758. The molecule has 0 heterocycles. The molecule has 2 aromatic rings. The minimum Gasteiger partial charge on any atom is -0.392 e. The topological polar surface area (TPSA) is 20.2 Å². The Labute approximate surface area is 83.6 Å². The maximum absolute atomic E-state index is 9.16. The van der Waals surface area contributed by atoms with Gasteiger partial charge < -0.3 is 5.11 Å². The molecule has 0 aliphatic heterocycles. The molecule has 0 saturated heterocycles. The molecule has 14 heavy (non-hydrogen) atoms. The number of hydrogen-bond acceptors (Lipinski definition) is 1. The van der Waals surface area contributed by atoms with Gasteiger partial charge in [0.25, 0.3) is 0 Å². The van der Waals surface area contributed by atoms with Crippen molar-refractivity contribution < 1.29 is 5.11 Å². The predicted octanol–water partition coefficient (Wildman–Crippen LogP) is 2.65. The van der Waals surface area contributed by atoms with E-state index in [0.717, 1.165) is 16.7 Å². The lowest BCUT2D eigenvalue weighted by Crippen LogP contribution is -1.88. The van der Waals surface area contributed by atoms with E-state index in [1.807, 2.05) is 48.5 Å². The summed E-state index contributed by atoms with van der Waals surface area (Å²) >= 11 is 0. The van der Waals surface area contributed by atoms with Crippen LogP contribution in [0.1, 0.15) is 5.56 Å². The summed E-state index contributed by atoms with van der Waals surface area (Å²) in [4.78, 5) is 0. The first-order valence-corrected chi connectivity index (χ1v) is 4.57. The van der Waals surface area contributed by atoms with Crippen molar-refractivity contribution in [3.8, 4) is 11.1 Å². The maximum atomic E-state index is 9.16. The number of aliphatic hydroxyl groups excluding tert-OH is 1. The van der Waals surface area contributed by atoms with Crippen LogP contribution in [0.5, 0.6) is 0 Å². The summed E-state index contributed by atoms with van der Waals surface area (Å²) < 4.78 is 0. The molecule has 0 unspecified atom stereocenters. The van der Waals surface area contributed by atoms with Crippen LogP contribution in [0.15, 0.2) is 48.5 Å². The molecule has 0 aliphatic rings. The third-order valence-corrected chi connectivity index (χ3v) is 2.18. The lowest BCUT2D eigenvalue weighted by atomic mass is 10.0. The number of hydrogen-bond donors (Lipinski definition) is 1. The maximum Gasteiger partial charge on any atom is 0.0688 e. The minimum absolute atomic E-state index is 0.0571. The van der Waals surface area contributed by atoms with Crippen LogP contribution >= 0.6 is 0 Å². The molecule has 1 heteroatoms. The Morgan fingerprint density at radius 2 is 1.79 bits per heavy atom. The van der Waals surface area contributed by atoms with Gasteiger partial charge in [0.05, 0.1) is 6.61 Å². The molecule has 2 rings (SSSR count). The van der Waals surface area contributed by atoms with Gasteiger partial charge in [-0.1, -0.05) is 48.5 Å². The van der Waals surface area contributed by atoms with Crippen molar-refractivity contribution >= 4 is 0 Å². The summed E-state index contributed by atoms with van der Waals surface area (Å²) in [6, 6.07) is 18.8. The second-order valence-corrected chi connectivity index (χ2v) is 3.09. The van der Waals surface area contributed by atoms with Crippen LogP contribution in [0.4, 0.5) is 0 Å². The molecule has 2 aromatic carbocycles. The molecule has 0 aliphatic carbocycles. The molecule has 0 amide bonds. The van der Waals surface area contributed by atoms with Crippen LogP contribution in [0.25, 0.3) is 11.1 Å². The summed E-state index contributed by atoms with van der Waals surface area (Å²) in [5, 5.41) is 9.16. The Morgan fingerprint density at radius 3 is 2.50 bits per heavy atom. The second-order valence-electron chi connectivity index (χ2n) is 3.09. The molecule has 1 N–H and O–H groups in total. The summed E-state index contributed by atoms with van der Waals surface area (Å²) in [5.41, 5.74) is 2.99. The summed E-state index contributed by atoms with van der Waals surface area (Å²) in [5.74, 6) is 0. The molecule has 0 aromatic heterocycles. The smallest absolute Gasteiger partial charge is 0.0688 e. The largest absolute Gasteiger partial charge is 0.392 e. The molecular weight excluding hydrogens is 172 g/mol. The fourth-order valence-electron chi connectivity index (χ4n) is 1.48. The first kappa shape index (κ1) is 8.97. The van der Waals surface area contributed by atoms with Gasteiger partial charge in [0.15, 0.2) is 0 Å². The molecule has 69 valence electrons. The molecule has 0 atom stereocenters. The third-order valence-electron chi connectivity index (χ3n) is 2.18. The van der Waals surface area contributed by atoms with Crippen molar-refractivity contribution in [2.24, 2.45) is 0 Å². The monoisotopic (exact) mass is 183 g/mol. The Balaban J connectivity index is 2.51. The van der Waals surface area contributed by atoms with Crippen LogP contribution in [0.2, 0.25) is 0 Å². The SMILES string of the molecule is OCc1ccc[c]c1-c1ccccc1. The number of rotatable bonds is 2. The molecule has 0 fully saturated rings. The van der Waals surface area contributed by atoms with Crippen LogP contribution < -0.4 is 0 Å². The zero-order valence-electron chi connectivity index (χ0n) is 7.77. The molecule has 0 bridgehead atoms. The van der Waals surface area contributed by atoms with Gasteiger partial charge in [-0.25, -0.2) is 0 Å². The highest BCUT2D eigenvalue weighted by molar-refractivity contribution is 5.66. The zero-order valence-corrected chi connectivity index (χ0v) is 7.77. The highest BCUT2D eigenvalue weighted by atomic mass is 16.3. The van der Waals surface area contributed by atoms with Gasteiger partial charge in [-0.05, 0) is 22.8 Å². The zero-order chi connectivity index (χ0) is 9.80. The van der Waals surface area contributed by atoms with Gasteiger partial charge in [-0.15, -0.1) is 0 Å². The lowest BCUT2D eigenvalue weighted by molar-refractivity contribution is 0.282. The van der Waals surface area contributed by atoms with Gasteiger partial charge in [-0.2, -0.15) is 0 Å². The Hall–Kier alpha value is -1.60. The van der Waals surface area contributed by atoms with Crippen molar-refractivity contribution in [1.82, 2.24) is 0 Å². The second kappa shape index (κ2) is 4.07. The van der Waals surface area contributed by atoms with E-state index in [9.17, 15) is 0 Å². The third kappa shape index (κ3) is 1.68. The Morgan fingerprint density at radius 1 is 1.00 bits per heavy atom. The average molecular weight is 183 g/mol. The van der Waals surface area contributed by atoms with Crippen molar-refractivity contribution in [3.63, 3.8) is 0 Å². The van der Waals surface area contributed by atoms with Crippen LogP contribution in [0.3, 0.4) is 0 Å². The summed E-state index contributed by atoms with van der Waals surface area (Å²) in [7, 11) is 0. The molecular formula is C13H11O. The first-order chi connectivity index (χ1) is 6.92. The van der Waals surface area contributed by atoms with Crippen LogP contribution in [-0.4, -0.2) is 5.11 Å². The normalized spacial score (nSPS) is 10.1. The van der Waals surface area contributed by atoms with E-state index in [4.69, 9.17) is 5.11 Å². The van der Waals surface area contributed by atoms with E-state index >= 15 is 0 Å². The average Bonchev–Trinajstić information content (AvgIpc) is 2.30. The van der Waals surface area contributed by atoms with Crippen LogP contribution in [-0.2, 0) is 6.61 Å². The van der Waals surface area contributed by atoms with E-state index in [1.165, 1.54) is 0 Å². The molecule has 1 nitrogen and oxygen atoms in total. The van der Waals surface area contributed by atoms with Crippen molar-refractivity contribution in [2.75, 3.05) is 0 Å². The van der Waals surface area contributed by atoms with Gasteiger partial charge in [0.1, 0.15) is 0 Å². The standard InChI is InChI=1S/C13H11O/c14-10-12-8-4-5-9-13(12)11-6-2-1-3-7-11/h1-8,14H,10H2. The minimum atomic E-state index is 0.0571. The highest BCUT2D eigenvalue weighted by Crippen LogP contribution is 2.22. The van der Waals surface area contributed by atoms with Gasteiger partial charge >= 0.3 is 0 Å². The molecule has 0 spiro atoms. The summed E-state index contributed by atoms with van der Waals surface area (Å²) in [6.45, 7) is 0.0571. The van der Waals surface area contributed by atoms with Gasteiger partial charge in [0, 0.05) is 0 Å². The fourth-order valence-corrected chi connectivity index (χ4v) is 1.48. The van der Waals surface area contributed by atoms with Crippen molar-refractivity contribution in [1.29, 1.82) is 0 Å². The predicted molar refractivity (Wildman–Crippen MR) is 56.6 cm³/mol. The van der Waals surface area contributed by atoms with Crippen LogP contribution in [0, 0.1) is 6.07 Å². The van der Waals surface area contributed by atoms with E-state index in [2.05, 4.69) is 6.07 Å².